The third-order valence-electron chi connectivity index (χ3n) is 2.46. The monoisotopic (exact) mass is 288 g/mol. The summed E-state index contributed by atoms with van der Waals surface area (Å²) in [4.78, 5) is 0. The first-order chi connectivity index (χ1) is 6.98. The van der Waals surface area contributed by atoms with E-state index >= 15 is 0 Å². The van der Waals surface area contributed by atoms with Crippen LogP contribution in [0.15, 0.2) is 15.2 Å². The minimum atomic E-state index is -0.232. The Hall–Kier alpha value is 0.165. The maximum Gasteiger partial charge on any atom is 0.496 e. The summed E-state index contributed by atoms with van der Waals surface area (Å²) < 4.78 is 12.8. The van der Waals surface area contributed by atoms with Crippen LogP contribution in [0, 0.1) is 0 Å². The first-order valence-corrected chi connectivity index (χ1v) is 6.76. The Kier molecular flexibility index (Phi) is 3.26. The Morgan fingerprint density at radius 2 is 2.27 bits per heavy atom. The molecule has 0 radical (unpaired) electrons. The molecule has 15 heavy (non-hydrogen) atoms. The van der Waals surface area contributed by atoms with Gasteiger partial charge in [0.05, 0.1) is 5.60 Å². The van der Waals surface area contributed by atoms with Crippen molar-refractivity contribution in [2.75, 3.05) is 0 Å². The Morgan fingerprint density at radius 3 is 2.80 bits per heavy atom. The van der Waals surface area contributed by atoms with Gasteiger partial charge in [-0.15, -0.1) is 0 Å². The zero-order valence-electron chi connectivity index (χ0n) is 9.12. The van der Waals surface area contributed by atoms with Crippen LogP contribution in [0.5, 0.6) is 0 Å². The van der Waals surface area contributed by atoms with Gasteiger partial charge in [0.25, 0.3) is 0 Å². The molecule has 0 aliphatic carbocycles. The summed E-state index contributed by atoms with van der Waals surface area (Å²) in [7, 11) is -0.232. The zero-order valence-corrected chi connectivity index (χ0v) is 11.5. The van der Waals surface area contributed by atoms with E-state index in [0.29, 0.717) is 0 Å². The van der Waals surface area contributed by atoms with Crippen LogP contribution < -0.4 is 5.46 Å². The van der Waals surface area contributed by atoms with E-state index in [1.807, 2.05) is 5.38 Å². The van der Waals surface area contributed by atoms with Gasteiger partial charge >= 0.3 is 7.12 Å². The van der Waals surface area contributed by atoms with Gasteiger partial charge in [-0.1, -0.05) is 15.9 Å². The van der Waals surface area contributed by atoms with E-state index < -0.39 is 0 Å². The molecule has 2 nitrogen and oxygen atoms in total. The highest BCUT2D eigenvalue weighted by molar-refractivity contribution is 9.10. The number of hydrogen-bond donors (Lipinski definition) is 0. The molecule has 0 amide bonds. The van der Waals surface area contributed by atoms with Crippen molar-refractivity contribution in [1.29, 1.82) is 0 Å². The van der Waals surface area contributed by atoms with Gasteiger partial charge in [-0.25, -0.2) is 0 Å². The van der Waals surface area contributed by atoms with Crippen LogP contribution in [-0.4, -0.2) is 18.8 Å². The van der Waals surface area contributed by atoms with Gasteiger partial charge in [0, 0.05) is 21.4 Å². The lowest BCUT2D eigenvalue weighted by Crippen LogP contribution is -2.51. The molecule has 82 valence electrons. The molecule has 1 aliphatic heterocycles. The van der Waals surface area contributed by atoms with Crippen LogP contribution in [0.3, 0.4) is 0 Å². The zero-order chi connectivity index (χ0) is 11.1. The quantitative estimate of drug-likeness (QED) is 0.740. The average Bonchev–Trinajstić information content (AvgIpc) is 2.47. The molecule has 1 atom stereocenters. The van der Waals surface area contributed by atoms with Crippen LogP contribution >= 0.6 is 27.3 Å². The lowest BCUT2D eigenvalue weighted by molar-refractivity contribution is -0.0229. The highest BCUT2D eigenvalue weighted by Crippen LogP contribution is 2.27. The molecule has 0 spiro atoms. The van der Waals surface area contributed by atoms with E-state index in [9.17, 15) is 0 Å². The second kappa shape index (κ2) is 4.20. The number of thiophene rings is 1. The van der Waals surface area contributed by atoms with Crippen LogP contribution in [0.1, 0.15) is 27.2 Å². The van der Waals surface area contributed by atoms with Gasteiger partial charge in [-0.05, 0) is 32.6 Å². The SMILES string of the molecule is C[C@H]1CC(C)(C)OB(c2cscc2Br)O1. The van der Waals surface area contributed by atoms with Crippen LogP contribution in [-0.2, 0) is 9.31 Å². The smallest absolute Gasteiger partial charge is 0.405 e. The highest BCUT2D eigenvalue weighted by atomic mass is 79.9. The number of halogens is 1. The fourth-order valence-corrected chi connectivity index (χ4v) is 3.40. The summed E-state index contributed by atoms with van der Waals surface area (Å²) in [5.74, 6) is 0. The third kappa shape index (κ3) is 2.64. The predicted octanol–water partition coefficient (Wildman–Crippen LogP) is 2.81. The van der Waals surface area contributed by atoms with Crippen molar-refractivity contribution in [2.24, 2.45) is 0 Å². The molecule has 1 fully saturated rings. The summed E-state index contributed by atoms with van der Waals surface area (Å²) in [6, 6.07) is 0. The Bertz CT molecular complexity index is 353. The van der Waals surface area contributed by atoms with Crippen molar-refractivity contribution in [1.82, 2.24) is 0 Å². The molecule has 0 bridgehead atoms. The highest BCUT2D eigenvalue weighted by Gasteiger charge is 2.39. The molecule has 2 heterocycles. The van der Waals surface area contributed by atoms with Gasteiger partial charge in [0.15, 0.2) is 0 Å². The van der Waals surface area contributed by atoms with Crippen molar-refractivity contribution in [3.8, 4) is 0 Å². The van der Waals surface area contributed by atoms with Gasteiger partial charge in [0.2, 0.25) is 0 Å². The molecular formula is C10H14BBrO2S. The topological polar surface area (TPSA) is 18.5 Å². The molecule has 5 heteroatoms. The van der Waals surface area contributed by atoms with E-state index in [4.69, 9.17) is 9.31 Å². The molecule has 1 aromatic rings. The van der Waals surface area contributed by atoms with Gasteiger partial charge < -0.3 is 9.31 Å². The molecule has 1 aromatic heterocycles. The summed E-state index contributed by atoms with van der Waals surface area (Å²) in [6.45, 7) is 6.32. The van der Waals surface area contributed by atoms with Gasteiger partial charge in [0.1, 0.15) is 0 Å². The van der Waals surface area contributed by atoms with Gasteiger partial charge in [-0.3, -0.25) is 0 Å². The second-order valence-electron chi connectivity index (χ2n) is 4.54. The van der Waals surface area contributed by atoms with E-state index in [1.54, 1.807) is 11.3 Å². The Balaban J connectivity index is 2.20. The molecule has 0 saturated carbocycles. The molecule has 1 aliphatic rings. The summed E-state index contributed by atoms with van der Waals surface area (Å²) in [5.41, 5.74) is 0.989. The lowest BCUT2D eigenvalue weighted by atomic mass is 9.76. The summed E-state index contributed by atoms with van der Waals surface area (Å²) >= 11 is 5.16. The first-order valence-electron chi connectivity index (χ1n) is 5.03. The average molecular weight is 289 g/mol. The van der Waals surface area contributed by atoms with Crippen LogP contribution in [0.25, 0.3) is 0 Å². The predicted molar refractivity (Wildman–Crippen MR) is 67.7 cm³/mol. The van der Waals surface area contributed by atoms with Crippen molar-refractivity contribution in [3.63, 3.8) is 0 Å². The molecule has 0 unspecified atom stereocenters. The molecular weight excluding hydrogens is 275 g/mol. The molecule has 1 saturated heterocycles. The maximum atomic E-state index is 5.92. The standard InChI is InChI=1S/C10H14BBrO2S/c1-7-4-10(2,3)14-11(13-7)8-5-15-6-9(8)12/h5-7H,4H2,1-3H3/t7-/m0/s1. The largest absolute Gasteiger partial charge is 0.496 e. The van der Waals surface area contributed by atoms with Crippen LogP contribution in [0.4, 0.5) is 0 Å². The van der Waals surface area contributed by atoms with E-state index in [-0.39, 0.29) is 18.8 Å². The van der Waals surface area contributed by atoms with E-state index in [0.717, 1.165) is 16.4 Å². The molecule has 0 aromatic carbocycles. The molecule has 2 rings (SSSR count). The fraction of sp³-hybridized carbons (Fsp3) is 0.600. The Morgan fingerprint density at radius 1 is 1.53 bits per heavy atom. The maximum absolute atomic E-state index is 5.92. The number of hydrogen-bond acceptors (Lipinski definition) is 3. The lowest BCUT2D eigenvalue weighted by Gasteiger charge is -2.38. The van der Waals surface area contributed by atoms with Gasteiger partial charge in [-0.2, -0.15) is 11.3 Å². The normalized spacial score (nSPS) is 25.6. The van der Waals surface area contributed by atoms with Crippen molar-refractivity contribution in [2.45, 2.75) is 38.9 Å². The minimum Gasteiger partial charge on any atom is -0.405 e. The van der Waals surface area contributed by atoms with Crippen molar-refractivity contribution < 1.29 is 9.31 Å². The van der Waals surface area contributed by atoms with E-state index in [2.05, 4.69) is 42.1 Å². The first kappa shape index (κ1) is 11.6. The molecule has 0 N–H and O–H groups in total. The van der Waals surface area contributed by atoms with Crippen molar-refractivity contribution >= 4 is 39.8 Å². The number of rotatable bonds is 1. The summed E-state index contributed by atoms with van der Waals surface area (Å²) in [5, 5.41) is 4.12. The Labute approximate surface area is 103 Å². The fourth-order valence-electron chi connectivity index (χ4n) is 1.91. The third-order valence-corrected chi connectivity index (χ3v) is 4.21. The van der Waals surface area contributed by atoms with Crippen LogP contribution in [0.2, 0.25) is 0 Å². The second-order valence-corrected chi connectivity index (χ2v) is 6.13. The van der Waals surface area contributed by atoms with Crippen molar-refractivity contribution in [3.05, 3.63) is 15.2 Å². The minimum absolute atomic E-state index is 0.107. The summed E-state index contributed by atoms with van der Waals surface area (Å²) in [6.07, 6.45) is 1.18. The van der Waals surface area contributed by atoms with E-state index in [1.165, 1.54) is 0 Å².